The van der Waals surface area contributed by atoms with Gasteiger partial charge in [-0.15, -0.1) is 0 Å². The van der Waals surface area contributed by atoms with E-state index in [9.17, 15) is 4.79 Å². The van der Waals surface area contributed by atoms with Crippen LogP contribution in [0.25, 0.3) is 11.3 Å². The highest BCUT2D eigenvalue weighted by atomic mass is 16.6. The number of nitrogens with zero attached hydrogens (tertiary/aromatic N) is 4. The van der Waals surface area contributed by atoms with Gasteiger partial charge in [-0.2, -0.15) is 5.10 Å². The Morgan fingerprint density at radius 2 is 1.96 bits per heavy atom. The Hall–Kier alpha value is -3.06. The number of rotatable bonds is 5. The molecule has 2 aromatic heterocycles. The normalized spacial score (nSPS) is 19.6. The van der Waals surface area contributed by atoms with Crippen LogP contribution in [0, 0.1) is 0 Å². The van der Waals surface area contributed by atoms with Crippen LogP contribution in [0.1, 0.15) is 11.3 Å². The van der Waals surface area contributed by atoms with Crippen molar-refractivity contribution >= 4 is 6.09 Å². The van der Waals surface area contributed by atoms with Crippen molar-refractivity contribution in [1.29, 1.82) is 0 Å². The van der Waals surface area contributed by atoms with Gasteiger partial charge in [0.15, 0.2) is 0 Å². The van der Waals surface area contributed by atoms with E-state index in [0.29, 0.717) is 13.2 Å². The molecule has 0 bridgehead atoms. The van der Waals surface area contributed by atoms with E-state index in [2.05, 4.69) is 22.1 Å². The Bertz CT molecular complexity index is 965. The van der Waals surface area contributed by atoms with Gasteiger partial charge in [0.25, 0.3) is 0 Å². The number of ether oxygens (including phenoxy) is 1. The topological polar surface area (TPSA) is 63.7 Å². The standard InChI is InChI=1S/C21H22N4O3/c26-21-25-9-8-23(13-18(25)15-27-21)14-19-6-7-20(28-19)17-10-22-24(12-17)11-16-4-2-1-3-5-16/h1-7,10,12,18H,8-9,11,13-15H2. The predicted octanol–water partition coefficient (Wildman–Crippen LogP) is 2.83. The summed E-state index contributed by atoms with van der Waals surface area (Å²) in [5, 5.41) is 4.45. The van der Waals surface area contributed by atoms with Crippen LogP contribution in [-0.4, -0.2) is 58.0 Å². The number of hydrogen-bond acceptors (Lipinski definition) is 5. The van der Waals surface area contributed by atoms with E-state index in [4.69, 9.17) is 9.15 Å². The molecule has 1 atom stereocenters. The van der Waals surface area contributed by atoms with Crippen molar-refractivity contribution in [2.24, 2.45) is 0 Å². The number of carbonyl (C=O) groups excluding carboxylic acids is 1. The van der Waals surface area contributed by atoms with Gasteiger partial charge in [0.2, 0.25) is 0 Å². The van der Waals surface area contributed by atoms with Crippen molar-refractivity contribution in [2.45, 2.75) is 19.1 Å². The molecule has 2 aliphatic heterocycles. The molecule has 0 aliphatic carbocycles. The number of furan rings is 1. The smallest absolute Gasteiger partial charge is 0.410 e. The lowest BCUT2D eigenvalue weighted by molar-refractivity contribution is 0.111. The van der Waals surface area contributed by atoms with Crippen LogP contribution in [0.2, 0.25) is 0 Å². The first-order valence-corrected chi connectivity index (χ1v) is 9.56. The first-order valence-electron chi connectivity index (χ1n) is 9.56. The fraction of sp³-hybridized carbons (Fsp3) is 0.333. The summed E-state index contributed by atoms with van der Waals surface area (Å²) < 4.78 is 13.1. The molecule has 28 heavy (non-hydrogen) atoms. The molecule has 2 aliphatic rings. The van der Waals surface area contributed by atoms with Gasteiger partial charge >= 0.3 is 6.09 Å². The summed E-state index contributed by atoms with van der Waals surface area (Å²) in [5.74, 6) is 1.75. The van der Waals surface area contributed by atoms with Gasteiger partial charge in [0.05, 0.1) is 30.9 Å². The van der Waals surface area contributed by atoms with E-state index in [-0.39, 0.29) is 12.1 Å². The maximum absolute atomic E-state index is 11.6. The molecule has 0 N–H and O–H groups in total. The number of benzene rings is 1. The lowest BCUT2D eigenvalue weighted by Gasteiger charge is -2.34. The molecule has 1 amide bonds. The molecule has 1 aromatic carbocycles. The van der Waals surface area contributed by atoms with Crippen LogP contribution in [-0.2, 0) is 17.8 Å². The van der Waals surface area contributed by atoms with Crippen LogP contribution >= 0.6 is 0 Å². The fourth-order valence-electron chi connectivity index (χ4n) is 3.88. The quantitative estimate of drug-likeness (QED) is 0.683. The van der Waals surface area contributed by atoms with E-state index in [1.54, 1.807) is 0 Å². The van der Waals surface area contributed by atoms with E-state index in [0.717, 1.165) is 43.3 Å². The van der Waals surface area contributed by atoms with Crippen molar-refractivity contribution in [2.75, 3.05) is 26.2 Å². The van der Waals surface area contributed by atoms with Gasteiger partial charge in [-0.05, 0) is 17.7 Å². The highest BCUT2D eigenvalue weighted by molar-refractivity contribution is 5.70. The van der Waals surface area contributed by atoms with Crippen LogP contribution in [0.3, 0.4) is 0 Å². The van der Waals surface area contributed by atoms with Crippen LogP contribution < -0.4 is 0 Å². The maximum atomic E-state index is 11.6. The first kappa shape index (κ1) is 17.1. The van der Waals surface area contributed by atoms with Crippen LogP contribution in [0.15, 0.2) is 59.3 Å². The average molecular weight is 378 g/mol. The Morgan fingerprint density at radius 1 is 1.07 bits per heavy atom. The molecule has 2 saturated heterocycles. The van der Waals surface area contributed by atoms with Crippen LogP contribution in [0.5, 0.6) is 0 Å². The third kappa shape index (κ3) is 3.41. The minimum Gasteiger partial charge on any atom is -0.460 e. The molecular formula is C21H22N4O3. The zero-order valence-electron chi connectivity index (χ0n) is 15.5. The highest BCUT2D eigenvalue weighted by Crippen LogP contribution is 2.24. The minimum absolute atomic E-state index is 0.159. The fourth-order valence-corrected chi connectivity index (χ4v) is 3.88. The second kappa shape index (κ2) is 7.16. The molecular weight excluding hydrogens is 356 g/mol. The van der Waals surface area contributed by atoms with Crippen molar-refractivity contribution in [3.05, 3.63) is 66.2 Å². The molecule has 5 rings (SSSR count). The predicted molar refractivity (Wildman–Crippen MR) is 103 cm³/mol. The van der Waals surface area contributed by atoms with E-state index >= 15 is 0 Å². The average Bonchev–Trinajstić information content (AvgIpc) is 3.44. The van der Waals surface area contributed by atoms with Gasteiger partial charge < -0.3 is 9.15 Å². The third-order valence-electron chi connectivity index (χ3n) is 5.35. The number of carbonyl (C=O) groups is 1. The Morgan fingerprint density at radius 3 is 2.86 bits per heavy atom. The zero-order chi connectivity index (χ0) is 18.9. The summed E-state index contributed by atoms with van der Waals surface area (Å²) in [4.78, 5) is 15.7. The molecule has 7 nitrogen and oxygen atoms in total. The zero-order valence-corrected chi connectivity index (χ0v) is 15.5. The van der Waals surface area contributed by atoms with E-state index in [1.165, 1.54) is 5.56 Å². The van der Waals surface area contributed by atoms with Crippen molar-refractivity contribution in [3.8, 4) is 11.3 Å². The maximum Gasteiger partial charge on any atom is 0.410 e. The van der Waals surface area contributed by atoms with Gasteiger partial charge in [-0.1, -0.05) is 30.3 Å². The Kier molecular flexibility index (Phi) is 4.37. The first-order chi connectivity index (χ1) is 13.7. The summed E-state index contributed by atoms with van der Waals surface area (Å²) in [6, 6.07) is 14.4. The Balaban J connectivity index is 1.22. The lowest BCUT2D eigenvalue weighted by Crippen LogP contribution is -2.51. The second-order valence-electron chi connectivity index (χ2n) is 7.34. The molecule has 144 valence electrons. The number of cyclic esters (lactones) is 1. The van der Waals surface area contributed by atoms with Gasteiger partial charge in [0.1, 0.15) is 18.1 Å². The van der Waals surface area contributed by atoms with Crippen molar-refractivity contribution in [1.82, 2.24) is 19.6 Å². The number of amides is 1. The molecule has 1 unspecified atom stereocenters. The molecule has 2 fully saturated rings. The molecule has 0 saturated carbocycles. The number of fused-ring (bicyclic) bond motifs is 1. The summed E-state index contributed by atoms with van der Waals surface area (Å²) in [6.07, 6.45) is 3.67. The summed E-state index contributed by atoms with van der Waals surface area (Å²) in [6.45, 7) is 4.31. The minimum atomic E-state index is -0.183. The Labute approximate surface area is 163 Å². The number of hydrogen-bond donors (Lipinski definition) is 0. The third-order valence-corrected chi connectivity index (χ3v) is 5.35. The van der Waals surface area contributed by atoms with Crippen LogP contribution in [0.4, 0.5) is 4.79 Å². The monoisotopic (exact) mass is 378 g/mol. The lowest BCUT2D eigenvalue weighted by atomic mass is 10.2. The summed E-state index contributed by atoms with van der Waals surface area (Å²) in [5.41, 5.74) is 2.19. The van der Waals surface area contributed by atoms with Crippen molar-refractivity contribution in [3.63, 3.8) is 0 Å². The van der Waals surface area contributed by atoms with E-state index < -0.39 is 0 Å². The molecule has 7 heteroatoms. The van der Waals surface area contributed by atoms with Gasteiger partial charge in [-0.3, -0.25) is 14.5 Å². The van der Waals surface area contributed by atoms with Gasteiger partial charge in [-0.25, -0.2) is 4.79 Å². The highest BCUT2D eigenvalue weighted by Gasteiger charge is 2.37. The molecule has 0 spiro atoms. The second-order valence-corrected chi connectivity index (χ2v) is 7.34. The SMILES string of the molecule is O=C1OCC2CN(Cc3ccc(-c4cnn(Cc5ccccc5)c4)o3)CCN12. The largest absolute Gasteiger partial charge is 0.460 e. The van der Waals surface area contributed by atoms with Gasteiger partial charge in [0, 0.05) is 25.8 Å². The molecule has 0 radical (unpaired) electrons. The van der Waals surface area contributed by atoms with Crippen molar-refractivity contribution < 1.29 is 13.9 Å². The van der Waals surface area contributed by atoms with E-state index in [1.807, 2.05) is 52.3 Å². The number of aromatic nitrogens is 2. The molecule has 4 heterocycles. The summed E-state index contributed by atoms with van der Waals surface area (Å²) in [7, 11) is 0. The summed E-state index contributed by atoms with van der Waals surface area (Å²) >= 11 is 0. The molecule has 3 aromatic rings. The number of piperazine rings is 1.